The van der Waals surface area contributed by atoms with Crippen LogP contribution in [0.15, 0.2) is 42.7 Å². The number of halogens is 1. The number of amides is 2. The molecule has 0 unspecified atom stereocenters. The summed E-state index contributed by atoms with van der Waals surface area (Å²) in [6.07, 6.45) is 4.20. The van der Waals surface area contributed by atoms with E-state index in [0.717, 1.165) is 0 Å². The number of benzene rings is 1. The second-order valence-corrected chi connectivity index (χ2v) is 6.18. The van der Waals surface area contributed by atoms with Gasteiger partial charge in [-0.2, -0.15) is 5.10 Å². The van der Waals surface area contributed by atoms with E-state index < -0.39 is 17.8 Å². The minimum Gasteiger partial charge on any atom is -0.354 e. The predicted octanol–water partition coefficient (Wildman–Crippen LogP) is 1.75. The van der Waals surface area contributed by atoms with E-state index in [1.807, 2.05) is 12.3 Å². The van der Waals surface area contributed by atoms with Crippen LogP contribution in [-0.2, 0) is 16.1 Å². The molecule has 6 nitrogen and oxygen atoms in total. The smallest absolute Gasteiger partial charge is 0.225 e. The molecule has 1 N–H and O–H groups in total. The second kappa shape index (κ2) is 7.46. The number of likely N-dealkylation sites (tertiary alicyclic amines) is 1. The Morgan fingerprint density at radius 2 is 2.16 bits per heavy atom. The highest BCUT2D eigenvalue weighted by Gasteiger charge is 2.39. The highest BCUT2D eigenvalue weighted by molar-refractivity contribution is 5.84. The van der Waals surface area contributed by atoms with E-state index in [0.29, 0.717) is 31.5 Å². The molecule has 2 aromatic rings. The van der Waals surface area contributed by atoms with Crippen LogP contribution in [0.4, 0.5) is 4.39 Å². The lowest BCUT2D eigenvalue weighted by Gasteiger charge is -2.38. The highest BCUT2D eigenvalue weighted by Crippen LogP contribution is 2.36. The maximum atomic E-state index is 14.3. The van der Waals surface area contributed by atoms with E-state index in [-0.39, 0.29) is 11.8 Å². The van der Waals surface area contributed by atoms with Gasteiger partial charge in [-0.3, -0.25) is 14.3 Å². The third-order valence-electron chi connectivity index (χ3n) is 4.62. The van der Waals surface area contributed by atoms with Crippen LogP contribution in [0.3, 0.4) is 0 Å². The Morgan fingerprint density at radius 1 is 1.36 bits per heavy atom. The molecule has 1 fully saturated rings. The zero-order chi connectivity index (χ0) is 17.8. The Kier molecular flexibility index (Phi) is 5.11. The zero-order valence-electron chi connectivity index (χ0n) is 14.1. The van der Waals surface area contributed by atoms with Gasteiger partial charge in [-0.25, -0.2) is 4.39 Å². The summed E-state index contributed by atoms with van der Waals surface area (Å²) in [4.78, 5) is 26.2. The van der Waals surface area contributed by atoms with Crippen LogP contribution in [0, 0.1) is 11.7 Å². The van der Waals surface area contributed by atoms with Gasteiger partial charge in [0.1, 0.15) is 5.82 Å². The summed E-state index contributed by atoms with van der Waals surface area (Å²) >= 11 is 0. The summed E-state index contributed by atoms with van der Waals surface area (Å²) in [5.41, 5.74) is 0.380. The van der Waals surface area contributed by atoms with Crippen molar-refractivity contribution in [1.82, 2.24) is 20.0 Å². The molecule has 2 atom stereocenters. The van der Waals surface area contributed by atoms with Crippen molar-refractivity contribution < 1.29 is 14.0 Å². The Morgan fingerprint density at radius 3 is 2.88 bits per heavy atom. The van der Waals surface area contributed by atoms with Crippen molar-refractivity contribution in [2.75, 3.05) is 13.6 Å². The van der Waals surface area contributed by atoms with Crippen LogP contribution in [-0.4, -0.2) is 40.1 Å². The van der Waals surface area contributed by atoms with Crippen LogP contribution in [0.1, 0.15) is 24.4 Å². The molecule has 0 aliphatic carbocycles. The van der Waals surface area contributed by atoms with Gasteiger partial charge >= 0.3 is 0 Å². The molecular weight excluding hydrogens is 323 g/mol. The molecule has 132 valence electrons. The third-order valence-corrected chi connectivity index (χ3v) is 4.62. The summed E-state index contributed by atoms with van der Waals surface area (Å²) < 4.78 is 16.0. The van der Waals surface area contributed by atoms with Gasteiger partial charge in [0.2, 0.25) is 11.8 Å². The van der Waals surface area contributed by atoms with E-state index in [1.54, 1.807) is 36.1 Å². The van der Waals surface area contributed by atoms with Crippen LogP contribution in [0.25, 0.3) is 0 Å². The lowest BCUT2D eigenvalue weighted by molar-refractivity contribution is -0.141. The van der Waals surface area contributed by atoms with Gasteiger partial charge in [-0.05, 0) is 18.6 Å². The normalized spacial score (nSPS) is 20.6. The molecule has 2 heterocycles. The fourth-order valence-electron chi connectivity index (χ4n) is 3.31. The second-order valence-electron chi connectivity index (χ2n) is 6.18. The number of aromatic nitrogens is 2. The van der Waals surface area contributed by atoms with Crippen molar-refractivity contribution in [1.29, 1.82) is 0 Å². The van der Waals surface area contributed by atoms with Crippen LogP contribution < -0.4 is 5.32 Å². The Hall–Kier alpha value is -2.70. The van der Waals surface area contributed by atoms with E-state index in [4.69, 9.17) is 0 Å². The molecule has 1 aromatic carbocycles. The fraction of sp³-hybridized carbons (Fsp3) is 0.389. The highest BCUT2D eigenvalue weighted by atomic mass is 19.1. The third kappa shape index (κ3) is 3.70. The van der Waals surface area contributed by atoms with Crippen LogP contribution in [0.2, 0.25) is 0 Å². The average molecular weight is 344 g/mol. The van der Waals surface area contributed by atoms with E-state index in [9.17, 15) is 14.0 Å². The number of nitrogens with one attached hydrogen (secondary N) is 1. The largest absolute Gasteiger partial charge is 0.354 e. The molecule has 1 aromatic heterocycles. The number of piperidine rings is 1. The number of nitrogens with zero attached hydrogens (tertiary/aromatic N) is 3. The molecule has 25 heavy (non-hydrogen) atoms. The molecule has 0 spiro atoms. The molecule has 7 heteroatoms. The van der Waals surface area contributed by atoms with E-state index >= 15 is 0 Å². The molecular formula is C18H21FN4O2. The van der Waals surface area contributed by atoms with Gasteiger partial charge in [-0.15, -0.1) is 0 Å². The lowest BCUT2D eigenvalue weighted by Crippen LogP contribution is -2.47. The van der Waals surface area contributed by atoms with Crippen molar-refractivity contribution in [2.24, 2.45) is 5.92 Å². The first-order valence-corrected chi connectivity index (χ1v) is 8.33. The maximum Gasteiger partial charge on any atom is 0.225 e. The number of carbonyl (C=O) groups excluding carboxylic acids is 2. The number of carbonyl (C=O) groups is 2. The van der Waals surface area contributed by atoms with Gasteiger partial charge in [0.05, 0.1) is 18.5 Å². The van der Waals surface area contributed by atoms with Crippen molar-refractivity contribution in [3.63, 3.8) is 0 Å². The molecule has 1 aliphatic rings. The van der Waals surface area contributed by atoms with E-state index in [1.165, 1.54) is 11.0 Å². The molecule has 3 rings (SSSR count). The van der Waals surface area contributed by atoms with Crippen LogP contribution in [0.5, 0.6) is 0 Å². The summed E-state index contributed by atoms with van der Waals surface area (Å²) in [6, 6.07) is 7.54. The topological polar surface area (TPSA) is 67.2 Å². The Balaban J connectivity index is 1.74. The Labute approximate surface area is 145 Å². The fourth-order valence-corrected chi connectivity index (χ4v) is 3.31. The minimum absolute atomic E-state index is 0.0751. The monoisotopic (exact) mass is 344 g/mol. The molecule has 0 bridgehead atoms. The molecule has 1 aliphatic heterocycles. The van der Waals surface area contributed by atoms with Gasteiger partial charge in [0.25, 0.3) is 0 Å². The molecule has 2 amide bonds. The maximum absolute atomic E-state index is 14.3. The minimum atomic E-state index is -0.591. The van der Waals surface area contributed by atoms with Crippen molar-refractivity contribution in [2.45, 2.75) is 25.4 Å². The summed E-state index contributed by atoms with van der Waals surface area (Å²) in [6.45, 7) is 0.989. The molecule has 1 saturated heterocycles. The standard InChI is InChI=1S/C18H21FN4O2/c1-22-16(24)8-7-14(17(22)13-5-2-3-6-15(13)19)18(25)20-10-12-23-11-4-9-21-23/h2-6,9,11,14,17H,7-8,10,12H2,1H3,(H,20,25)/t14-,17+/m0/s1. The quantitative estimate of drug-likeness (QED) is 0.899. The van der Waals surface area contributed by atoms with E-state index in [2.05, 4.69) is 10.4 Å². The first-order chi connectivity index (χ1) is 12.1. The number of rotatable bonds is 5. The predicted molar refractivity (Wildman–Crippen MR) is 89.9 cm³/mol. The summed E-state index contributed by atoms with van der Waals surface area (Å²) in [5, 5.41) is 6.97. The van der Waals surface area contributed by atoms with Crippen LogP contribution >= 0.6 is 0 Å². The average Bonchev–Trinajstić information content (AvgIpc) is 3.11. The first kappa shape index (κ1) is 17.1. The number of hydrogen-bond acceptors (Lipinski definition) is 3. The molecule has 0 radical (unpaired) electrons. The van der Waals surface area contributed by atoms with Crippen molar-refractivity contribution >= 4 is 11.8 Å². The van der Waals surface area contributed by atoms with Gasteiger partial charge in [0.15, 0.2) is 0 Å². The van der Waals surface area contributed by atoms with Gasteiger partial charge in [0, 0.05) is 38.0 Å². The number of hydrogen-bond donors (Lipinski definition) is 1. The van der Waals surface area contributed by atoms with Crippen molar-refractivity contribution in [3.8, 4) is 0 Å². The SMILES string of the molecule is CN1C(=O)CC[C@H](C(=O)NCCn2cccn2)[C@H]1c1ccccc1F. The lowest BCUT2D eigenvalue weighted by atomic mass is 9.83. The van der Waals surface area contributed by atoms with Gasteiger partial charge in [-0.1, -0.05) is 18.2 Å². The van der Waals surface area contributed by atoms with Crippen molar-refractivity contribution in [3.05, 3.63) is 54.1 Å². The first-order valence-electron chi connectivity index (χ1n) is 8.33. The molecule has 0 saturated carbocycles. The zero-order valence-corrected chi connectivity index (χ0v) is 14.1. The summed E-state index contributed by atoms with van der Waals surface area (Å²) in [7, 11) is 1.63. The Bertz CT molecular complexity index is 747. The summed E-state index contributed by atoms with van der Waals surface area (Å²) in [5.74, 6) is -1.12. The van der Waals surface area contributed by atoms with Gasteiger partial charge < -0.3 is 10.2 Å².